The molecule has 202 valence electrons. The summed E-state index contributed by atoms with van der Waals surface area (Å²) >= 11 is 0. The first-order valence-electron chi connectivity index (χ1n) is 11.8. The van der Waals surface area contributed by atoms with Crippen molar-refractivity contribution in [1.29, 1.82) is 0 Å². The molecule has 3 amide bonds. The van der Waals surface area contributed by atoms with Crippen LogP contribution < -0.4 is 33.2 Å². The van der Waals surface area contributed by atoms with Gasteiger partial charge in [0.05, 0.1) is 12.1 Å². The van der Waals surface area contributed by atoms with Gasteiger partial charge in [-0.1, -0.05) is 34.1 Å². The molecule has 0 heterocycles. The van der Waals surface area contributed by atoms with Gasteiger partial charge in [0.25, 0.3) is 0 Å². The van der Waals surface area contributed by atoms with Gasteiger partial charge in [0.1, 0.15) is 18.1 Å². The fourth-order valence-corrected chi connectivity index (χ4v) is 3.22. The molecule has 0 saturated heterocycles. The normalized spacial score (nSPS) is 16.2. The second kappa shape index (κ2) is 15.9. The lowest BCUT2D eigenvalue weighted by molar-refractivity contribution is -0.143. The lowest BCUT2D eigenvalue weighted by atomic mass is 9.96. The molecule has 13 nitrogen and oxygen atoms in total. The van der Waals surface area contributed by atoms with Crippen LogP contribution in [-0.4, -0.2) is 76.7 Å². The maximum absolute atomic E-state index is 13.0. The second-order valence-electron chi connectivity index (χ2n) is 9.18. The zero-order valence-electron chi connectivity index (χ0n) is 21.3. The van der Waals surface area contributed by atoms with Crippen LogP contribution in [0.25, 0.3) is 0 Å². The van der Waals surface area contributed by atoms with Crippen LogP contribution in [0.2, 0.25) is 0 Å². The van der Waals surface area contributed by atoms with Crippen molar-refractivity contribution in [1.82, 2.24) is 16.0 Å². The van der Waals surface area contributed by atoms with Crippen molar-refractivity contribution in [3.63, 3.8) is 0 Å². The summed E-state index contributed by atoms with van der Waals surface area (Å²) in [5.41, 5.74) is 16.4. The summed E-state index contributed by atoms with van der Waals surface area (Å²) in [4.78, 5) is 53.7. The van der Waals surface area contributed by atoms with Gasteiger partial charge in [-0.05, 0) is 38.0 Å². The van der Waals surface area contributed by atoms with E-state index in [0.717, 1.165) is 0 Å². The van der Waals surface area contributed by atoms with Gasteiger partial charge in [-0.15, -0.1) is 0 Å². The summed E-state index contributed by atoms with van der Waals surface area (Å²) in [5, 5.41) is 26.9. The predicted molar refractivity (Wildman–Crippen MR) is 132 cm³/mol. The Hall–Kier alpha value is -2.93. The minimum Gasteiger partial charge on any atom is -0.480 e. The third-order valence-electron chi connectivity index (χ3n) is 5.48. The highest BCUT2D eigenvalue weighted by Gasteiger charge is 2.34. The molecule has 6 unspecified atom stereocenters. The van der Waals surface area contributed by atoms with Crippen molar-refractivity contribution < 1.29 is 29.4 Å². The maximum atomic E-state index is 13.0. The van der Waals surface area contributed by atoms with Gasteiger partial charge in [-0.25, -0.2) is 4.79 Å². The minimum atomic E-state index is -1.42. The molecular formula is C22H43N7O6. The van der Waals surface area contributed by atoms with Crippen molar-refractivity contribution in [2.75, 3.05) is 6.54 Å². The van der Waals surface area contributed by atoms with E-state index in [1.165, 1.54) is 6.92 Å². The fraction of sp³-hybridized carbons (Fsp3) is 0.773. The van der Waals surface area contributed by atoms with E-state index in [0.29, 0.717) is 19.4 Å². The Kier molecular flexibility index (Phi) is 14.5. The van der Waals surface area contributed by atoms with E-state index >= 15 is 0 Å². The summed E-state index contributed by atoms with van der Waals surface area (Å²) < 4.78 is 0. The Morgan fingerprint density at radius 2 is 1.46 bits per heavy atom. The molecule has 6 atom stereocenters. The largest absolute Gasteiger partial charge is 0.480 e. The molecule has 35 heavy (non-hydrogen) atoms. The molecule has 0 saturated carbocycles. The van der Waals surface area contributed by atoms with E-state index < -0.39 is 54.0 Å². The number of carbonyl (C=O) groups is 4. The monoisotopic (exact) mass is 501 g/mol. The van der Waals surface area contributed by atoms with Crippen LogP contribution in [0.1, 0.15) is 60.3 Å². The van der Waals surface area contributed by atoms with Crippen molar-refractivity contribution in [2.45, 2.75) is 90.6 Å². The third-order valence-corrected chi connectivity index (χ3v) is 5.48. The van der Waals surface area contributed by atoms with Crippen LogP contribution in [0, 0.1) is 11.8 Å². The number of nitrogens with zero attached hydrogens (tertiary/aromatic N) is 1. The predicted octanol–water partition coefficient (Wildman–Crippen LogP) is -1.62. The van der Waals surface area contributed by atoms with Gasteiger partial charge in [-0.2, -0.15) is 0 Å². The molecule has 0 aliphatic rings. The quantitative estimate of drug-likeness (QED) is 0.0688. The minimum absolute atomic E-state index is 0.00957. The lowest BCUT2D eigenvalue weighted by Crippen LogP contribution is -2.61. The Balaban J connectivity index is 5.37. The Labute approximate surface area is 206 Å². The summed E-state index contributed by atoms with van der Waals surface area (Å²) in [6.45, 7) is 8.79. The number of hydrogen-bond donors (Lipinski definition) is 8. The van der Waals surface area contributed by atoms with Gasteiger partial charge < -0.3 is 43.4 Å². The Morgan fingerprint density at radius 3 is 1.91 bits per heavy atom. The van der Waals surface area contributed by atoms with Crippen LogP contribution >= 0.6 is 0 Å². The zero-order valence-corrected chi connectivity index (χ0v) is 21.3. The lowest BCUT2D eigenvalue weighted by Gasteiger charge is -2.29. The molecule has 0 fully saturated rings. The van der Waals surface area contributed by atoms with E-state index in [9.17, 15) is 29.4 Å². The number of amides is 3. The molecule has 0 bridgehead atoms. The molecule has 11 N–H and O–H groups in total. The number of nitrogens with two attached hydrogens (primary N) is 3. The molecule has 0 aromatic carbocycles. The zero-order chi connectivity index (χ0) is 27.3. The second-order valence-corrected chi connectivity index (χ2v) is 9.18. The summed E-state index contributed by atoms with van der Waals surface area (Å²) in [7, 11) is 0. The molecule has 0 aromatic heterocycles. The number of carboxylic acids is 1. The van der Waals surface area contributed by atoms with Gasteiger partial charge in [-0.3, -0.25) is 19.4 Å². The first-order valence-corrected chi connectivity index (χ1v) is 11.8. The van der Waals surface area contributed by atoms with E-state index in [4.69, 9.17) is 17.2 Å². The number of carboxylic acid groups (broad SMARTS) is 1. The first kappa shape index (κ1) is 32.1. The highest BCUT2D eigenvalue weighted by molar-refractivity contribution is 5.94. The molecule has 0 aliphatic heterocycles. The van der Waals surface area contributed by atoms with Crippen LogP contribution in [0.4, 0.5) is 0 Å². The van der Waals surface area contributed by atoms with E-state index in [-0.39, 0.29) is 30.6 Å². The van der Waals surface area contributed by atoms with Crippen LogP contribution in [0.3, 0.4) is 0 Å². The molecule has 0 rings (SSSR count). The average molecular weight is 502 g/mol. The highest BCUT2D eigenvalue weighted by atomic mass is 16.4. The first-order chi connectivity index (χ1) is 16.2. The third kappa shape index (κ3) is 12.4. The summed E-state index contributed by atoms with van der Waals surface area (Å²) in [6.07, 6.45) is 0.118. The van der Waals surface area contributed by atoms with Crippen LogP contribution in [-0.2, 0) is 19.2 Å². The van der Waals surface area contributed by atoms with E-state index in [2.05, 4.69) is 20.9 Å². The van der Waals surface area contributed by atoms with Gasteiger partial charge in [0.2, 0.25) is 17.7 Å². The van der Waals surface area contributed by atoms with Crippen LogP contribution in [0.15, 0.2) is 4.99 Å². The number of aliphatic carboxylic acids is 1. The Morgan fingerprint density at radius 1 is 0.914 bits per heavy atom. The van der Waals surface area contributed by atoms with Crippen molar-refractivity contribution in [3.8, 4) is 0 Å². The van der Waals surface area contributed by atoms with Crippen LogP contribution in [0.5, 0.6) is 0 Å². The number of guanidine groups is 1. The van der Waals surface area contributed by atoms with Gasteiger partial charge >= 0.3 is 5.97 Å². The number of hydrogen-bond acceptors (Lipinski definition) is 7. The van der Waals surface area contributed by atoms with Crippen molar-refractivity contribution in [2.24, 2.45) is 34.0 Å². The van der Waals surface area contributed by atoms with E-state index in [1.54, 1.807) is 20.8 Å². The van der Waals surface area contributed by atoms with Crippen molar-refractivity contribution in [3.05, 3.63) is 0 Å². The summed E-state index contributed by atoms with van der Waals surface area (Å²) in [5.74, 6) is -3.71. The maximum Gasteiger partial charge on any atom is 0.326 e. The van der Waals surface area contributed by atoms with Crippen molar-refractivity contribution >= 4 is 29.7 Å². The molecule has 0 radical (unpaired) electrons. The van der Waals surface area contributed by atoms with Gasteiger partial charge in [0, 0.05) is 6.54 Å². The highest BCUT2D eigenvalue weighted by Crippen LogP contribution is 2.11. The Bertz CT molecular complexity index is 740. The number of aliphatic hydroxyl groups is 1. The molecule has 0 spiro atoms. The topological polar surface area (TPSA) is 235 Å². The SMILES string of the molecule is CCC(C)C(NC(=O)C(N)CCCN=C(N)N)C(=O)NC(C(=O)NC(CC(C)C)C(=O)O)C(C)O. The smallest absolute Gasteiger partial charge is 0.326 e. The standard InChI is InChI=1S/C22H43N7O6/c1-6-12(4)16(28-18(31)14(23)8-7-9-26-22(24)25)19(32)29-17(13(5)30)20(33)27-15(21(34)35)10-11(2)3/h11-17,30H,6-10,23H2,1-5H3,(H,27,33)(H,28,31)(H,29,32)(H,34,35)(H4,24,25,26). The number of aliphatic hydroxyl groups excluding tert-OH is 1. The summed E-state index contributed by atoms with van der Waals surface area (Å²) in [6, 6.07) is -4.54. The number of rotatable bonds is 16. The average Bonchev–Trinajstić information content (AvgIpc) is 2.76. The number of carbonyl (C=O) groups excluding carboxylic acids is 3. The molecule has 13 heteroatoms. The molecular weight excluding hydrogens is 458 g/mol. The number of aliphatic imine (C=N–C) groups is 1. The van der Waals surface area contributed by atoms with E-state index in [1.807, 2.05) is 6.92 Å². The number of nitrogens with one attached hydrogen (secondary N) is 3. The molecule has 0 aliphatic carbocycles. The molecule has 0 aromatic rings. The van der Waals surface area contributed by atoms with Gasteiger partial charge in [0.15, 0.2) is 5.96 Å². The fourth-order valence-electron chi connectivity index (χ4n) is 3.22.